The van der Waals surface area contributed by atoms with Crippen LogP contribution in [0.5, 0.6) is 0 Å². The molecule has 1 atom stereocenters. The summed E-state index contributed by atoms with van der Waals surface area (Å²) in [5, 5.41) is 4.87. The predicted octanol–water partition coefficient (Wildman–Crippen LogP) is 3.93. The van der Waals surface area contributed by atoms with Gasteiger partial charge in [0.2, 0.25) is 0 Å². The van der Waals surface area contributed by atoms with E-state index in [0.29, 0.717) is 6.04 Å². The summed E-state index contributed by atoms with van der Waals surface area (Å²) < 4.78 is 6.12. The van der Waals surface area contributed by atoms with Gasteiger partial charge in [0.25, 0.3) is 0 Å². The van der Waals surface area contributed by atoms with Crippen LogP contribution in [0.25, 0.3) is 10.9 Å². The van der Waals surface area contributed by atoms with E-state index < -0.39 is 0 Å². The third-order valence-corrected chi connectivity index (χ3v) is 3.97. The number of aromatic nitrogens is 1. The minimum Gasteiger partial charge on any atom is -0.379 e. The van der Waals surface area contributed by atoms with Crippen molar-refractivity contribution in [2.75, 3.05) is 5.32 Å². The molecule has 1 aromatic carbocycles. The molecule has 0 spiro atoms. The Morgan fingerprint density at radius 2 is 2.00 bits per heavy atom. The number of benzene rings is 1. The molecule has 0 aliphatic carbocycles. The van der Waals surface area contributed by atoms with Gasteiger partial charge in [0, 0.05) is 22.8 Å². The molecule has 3 heteroatoms. The molecule has 102 valence electrons. The minimum absolute atomic E-state index is 0.0562. The number of rotatable bonds is 2. The number of hydrogen-bond acceptors (Lipinski definition) is 2. The maximum Gasteiger partial charge on any atom is 0.0834 e. The Morgan fingerprint density at radius 3 is 2.68 bits per heavy atom. The molecule has 1 unspecified atom stereocenters. The molecule has 19 heavy (non-hydrogen) atoms. The van der Waals surface area contributed by atoms with Gasteiger partial charge in [0.05, 0.1) is 17.2 Å². The molecular weight excluding hydrogens is 236 g/mol. The molecule has 0 bridgehead atoms. The van der Waals surface area contributed by atoms with Crippen molar-refractivity contribution in [2.24, 2.45) is 0 Å². The van der Waals surface area contributed by atoms with Gasteiger partial charge in [-0.3, -0.25) is 0 Å². The quantitative estimate of drug-likeness (QED) is 0.856. The van der Waals surface area contributed by atoms with Crippen LogP contribution in [0.1, 0.15) is 34.1 Å². The Balaban J connectivity index is 1.84. The lowest BCUT2D eigenvalue weighted by Crippen LogP contribution is -2.38. The lowest BCUT2D eigenvalue weighted by Gasteiger charge is -2.28. The van der Waals surface area contributed by atoms with Gasteiger partial charge in [-0.05, 0) is 58.4 Å². The van der Waals surface area contributed by atoms with Gasteiger partial charge in [-0.15, -0.1) is 0 Å². The van der Waals surface area contributed by atoms with Gasteiger partial charge in [-0.25, -0.2) is 0 Å². The molecule has 2 N–H and O–H groups in total. The summed E-state index contributed by atoms with van der Waals surface area (Å²) in [5.74, 6) is 0. The lowest BCUT2D eigenvalue weighted by atomic mass is 9.94. The van der Waals surface area contributed by atoms with Gasteiger partial charge in [0.15, 0.2) is 0 Å². The lowest BCUT2D eigenvalue weighted by molar-refractivity contribution is -0.0662. The Hall–Kier alpha value is -1.48. The van der Waals surface area contributed by atoms with E-state index >= 15 is 0 Å². The predicted molar refractivity (Wildman–Crippen MR) is 79.6 cm³/mol. The molecule has 0 amide bonds. The summed E-state index contributed by atoms with van der Waals surface area (Å²) in [7, 11) is 0. The molecule has 0 saturated carbocycles. The van der Waals surface area contributed by atoms with E-state index in [1.54, 1.807) is 0 Å². The Morgan fingerprint density at radius 1 is 1.21 bits per heavy atom. The molecule has 0 radical (unpaired) electrons. The van der Waals surface area contributed by atoms with Crippen LogP contribution in [0, 0.1) is 0 Å². The van der Waals surface area contributed by atoms with Crippen molar-refractivity contribution in [1.82, 2.24) is 4.98 Å². The van der Waals surface area contributed by atoms with E-state index in [4.69, 9.17) is 4.74 Å². The molecule has 1 aromatic heterocycles. The average Bonchev–Trinajstić information content (AvgIpc) is 2.80. The topological polar surface area (TPSA) is 37.0 Å². The first-order chi connectivity index (χ1) is 8.86. The number of hydrogen-bond donors (Lipinski definition) is 2. The molecule has 3 nitrogen and oxygen atoms in total. The zero-order valence-corrected chi connectivity index (χ0v) is 12.1. The Kier molecular flexibility index (Phi) is 2.65. The van der Waals surface area contributed by atoms with E-state index in [9.17, 15) is 0 Å². The number of anilines is 1. The number of H-pyrrole nitrogens is 1. The summed E-state index contributed by atoms with van der Waals surface area (Å²) in [4.78, 5) is 3.22. The van der Waals surface area contributed by atoms with Gasteiger partial charge in [0.1, 0.15) is 0 Å². The second-order valence-corrected chi connectivity index (χ2v) is 6.65. The third-order valence-electron chi connectivity index (χ3n) is 3.97. The summed E-state index contributed by atoms with van der Waals surface area (Å²) in [6, 6.07) is 8.86. The Bertz CT molecular complexity index is 598. The molecule has 1 aliphatic rings. The van der Waals surface area contributed by atoms with E-state index in [1.807, 2.05) is 6.20 Å². The fraction of sp³-hybridized carbons (Fsp3) is 0.500. The van der Waals surface area contributed by atoms with Crippen LogP contribution in [0.2, 0.25) is 0 Å². The van der Waals surface area contributed by atoms with E-state index in [2.05, 4.69) is 62.3 Å². The van der Waals surface area contributed by atoms with Crippen molar-refractivity contribution in [3.8, 4) is 0 Å². The van der Waals surface area contributed by atoms with Crippen molar-refractivity contribution in [3.05, 3.63) is 30.5 Å². The van der Waals surface area contributed by atoms with Crippen LogP contribution >= 0.6 is 0 Å². The maximum absolute atomic E-state index is 6.12. The van der Waals surface area contributed by atoms with Crippen LogP contribution in [-0.4, -0.2) is 22.2 Å². The van der Waals surface area contributed by atoms with Gasteiger partial charge in [-0.1, -0.05) is 0 Å². The zero-order chi connectivity index (χ0) is 13.7. The number of fused-ring (bicyclic) bond motifs is 1. The largest absolute Gasteiger partial charge is 0.379 e. The standard InChI is InChI=1S/C16H22N2O/c1-15(2)10-14(16(3,4)19-15)18-12-5-6-13-11(9-12)7-8-17-13/h5-9,14,17-18H,10H2,1-4H3. The molecular formula is C16H22N2O. The highest BCUT2D eigenvalue weighted by molar-refractivity contribution is 5.83. The second-order valence-electron chi connectivity index (χ2n) is 6.65. The van der Waals surface area contributed by atoms with E-state index in [1.165, 1.54) is 10.9 Å². The molecule has 2 aromatic rings. The van der Waals surface area contributed by atoms with Crippen molar-refractivity contribution in [3.63, 3.8) is 0 Å². The van der Waals surface area contributed by atoms with Crippen molar-refractivity contribution < 1.29 is 4.74 Å². The van der Waals surface area contributed by atoms with E-state index in [-0.39, 0.29) is 11.2 Å². The highest BCUT2D eigenvalue weighted by Gasteiger charge is 2.45. The summed E-state index contributed by atoms with van der Waals surface area (Å²) in [5.41, 5.74) is 2.13. The van der Waals surface area contributed by atoms with E-state index in [0.717, 1.165) is 12.1 Å². The summed E-state index contributed by atoms with van der Waals surface area (Å²) >= 11 is 0. The smallest absolute Gasteiger partial charge is 0.0834 e. The van der Waals surface area contributed by atoms with Crippen LogP contribution in [0.3, 0.4) is 0 Å². The first-order valence-electron chi connectivity index (χ1n) is 6.90. The number of aromatic amines is 1. The normalized spacial score (nSPS) is 24.7. The van der Waals surface area contributed by atoms with Crippen LogP contribution in [-0.2, 0) is 4.74 Å². The second kappa shape index (κ2) is 4.01. The maximum atomic E-state index is 6.12. The first-order valence-corrected chi connectivity index (χ1v) is 6.90. The number of ether oxygens (including phenoxy) is 1. The van der Waals surface area contributed by atoms with Crippen LogP contribution in [0.4, 0.5) is 5.69 Å². The highest BCUT2D eigenvalue weighted by atomic mass is 16.5. The Labute approximate surface area is 114 Å². The third kappa shape index (κ3) is 2.35. The van der Waals surface area contributed by atoms with Crippen molar-refractivity contribution >= 4 is 16.6 Å². The number of nitrogens with one attached hydrogen (secondary N) is 2. The van der Waals surface area contributed by atoms with Crippen LogP contribution in [0.15, 0.2) is 30.5 Å². The van der Waals surface area contributed by atoms with Crippen molar-refractivity contribution in [2.45, 2.75) is 51.4 Å². The molecule has 1 saturated heterocycles. The molecule has 1 aliphatic heterocycles. The fourth-order valence-corrected chi connectivity index (χ4v) is 3.13. The van der Waals surface area contributed by atoms with Gasteiger partial charge in [-0.2, -0.15) is 0 Å². The monoisotopic (exact) mass is 258 g/mol. The fourth-order valence-electron chi connectivity index (χ4n) is 3.13. The zero-order valence-electron chi connectivity index (χ0n) is 12.1. The first kappa shape index (κ1) is 12.5. The minimum atomic E-state index is -0.142. The summed E-state index contributed by atoms with van der Waals surface area (Å²) in [6.07, 6.45) is 2.99. The van der Waals surface area contributed by atoms with Crippen LogP contribution < -0.4 is 5.32 Å². The molecule has 1 fully saturated rings. The van der Waals surface area contributed by atoms with Gasteiger partial charge < -0.3 is 15.0 Å². The van der Waals surface area contributed by atoms with Gasteiger partial charge >= 0.3 is 0 Å². The van der Waals surface area contributed by atoms with Crippen molar-refractivity contribution in [1.29, 1.82) is 0 Å². The average molecular weight is 258 g/mol. The SMILES string of the molecule is CC1(C)CC(Nc2ccc3[nH]ccc3c2)C(C)(C)O1. The molecule has 2 heterocycles. The molecule has 3 rings (SSSR count). The highest BCUT2D eigenvalue weighted by Crippen LogP contribution is 2.39. The summed E-state index contributed by atoms with van der Waals surface area (Å²) in [6.45, 7) is 8.64.